The van der Waals surface area contributed by atoms with Crippen molar-refractivity contribution in [1.82, 2.24) is 5.32 Å². The number of nitrogens with one attached hydrogen (secondary N) is 1. The predicted molar refractivity (Wildman–Crippen MR) is 76.2 cm³/mol. The molecule has 0 aromatic heterocycles. The van der Waals surface area contributed by atoms with Crippen molar-refractivity contribution in [3.63, 3.8) is 0 Å². The van der Waals surface area contributed by atoms with E-state index in [1.165, 1.54) is 25.7 Å². The summed E-state index contributed by atoms with van der Waals surface area (Å²) in [6.07, 6.45) is 7.82. The Kier molecular flexibility index (Phi) is 5.66. The Morgan fingerprint density at radius 1 is 1.19 bits per heavy atom. The number of thioether (sulfide) groups is 1. The average molecular weight is 243 g/mol. The molecule has 0 heterocycles. The normalized spacial score (nSPS) is 27.4. The van der Waals surface area contributed by atoms with Gasteiger partial charge in [0.25, 0.3) is 0 Å². The highest BCUT2D eigenvalue weighted by Gasteiger charge is 2.24. The lowest BCUT2D eigenvalue weighted by molar-refractivity contribution is 0.237. The molecule has 96 valence electrons. The fourth-order valence-corrected chi connectivity index (χ4v) is 2.68. The molecule has 0 atom stereocenters. The minimum Gasteiger partial charge on any atom is -0.313 e. The van der Waals surface area contributed by atoms with E-state index in [2.05, 4.69) is 39.3 Å². The summed E-state index contributed by atoms with van der Waals surface area (Å²) < 4.78 is 0.384. The maximum atomic E-state index is 3.75. The van der Waals surface area contributed by atoms with E-state index in [0.717, 1.165) is 24.4 Å². The lowest BCUT2D eigenvalue weighted by Crippen LogP contribution is -2.41. The first-order valence-electron chi connectivity index (χ1n) is 6.73. The van der Waals surface area contributed by atoms with E-state index in [1.54, 1.807) is 0 Å². The molecule has 16 heavy (non-hydrogen) atoms. The molecule has 0 spiro atoms. The monoisotopic (exact) mass is 243 g/mol. The molecule has 0 aliphatic heterocycles. The zero-order valence-corrected chi connectivity index (χ0v) is 12.5. The summed E-state index contributed by atoms with van der Waals surface area (Å²) in [5.41, 5.74) is 0. The SMILES string of the molecule is CSC(C)(C)CNC1CCC(C(C)C)CC1. The van der Waals surface area contributed by atoms with Crippen molar-refractivity contribution in [2.24, 2.45) is 11.8 Å². The van der Waals surface area contributed by atoms with E-state index in [4.69, 9.17) is 0 Å². The molecular weight excluding hydrogens is 214 g/mol. The second-order valence-corrected chi connectivity index (χ2v) is 7.71. The summed E-state index contributed by atoms with van der Waals surface area (Å²) in [6, 6.07) is 0.779. The number of rotatable bonds is 5. The maximum absolute atomic E-state index is 3.75. The number of hydrogen-bond donors (Lipinski definition) is 1. The summed E-state index contributed by atoms with van der Waals surface area (Å²) in [5.74, 6) is 1.86. The van der Waals surface area contributed by atoms with Gasteiger partial charge in [-0.05, 0) is 57.6 Å². The standard InChI is InChI=1S/C14H29NS/c1-11(2)12-6-8-13(9-7-12)15-10-14(3,4)16-5/h11-13,15H,6-10H2,1-5H3. The third kappa shape index (κ3) is 4.67. The Balaban J connectivity index is 2.22. The molecule has 2 heteroatoms. The van der Waals surface area contributed by atoms with Crippen molar-refractivity contribution in [1.29, 1.82) is 0 Å². The smallest absolute Gasteiger partial charge is 0.0225 e. The molecule has 1 nitrogen and oxygen atoms in total. The Morgan fingerprint density at radius 2 is 1.75 bits per heavy atom. The minimum absolute atomic E-state index is 0.384. The third-order valence-electron chi connectivity index (χ3n) is 4.08. The molecule has 0 aromatic rings. The van der Waals surface area contributed by atoms with Gasteiger partial charge < -0.3 is 5.32 Å². The van der Waals surface area contributed by atoms with Crippen LogP contribution in [0.3, 0.4) is 0 Å². The van der Waals surface area contributed by atoms with Crippen molar-refractivity contribution in [3.8, 4) is 0 Å². The summed E-state index contributed by atoms with van der Waals surface area (Å²) >= 11 is 1.96. The van der Waals surface area contributed by atoms with Crippen molar-refractivity contribution >= 4 is 11.8 Å². The Bertz CT molecular complexity index is 193. The van der Waals surface area contributed by atoms with Crippen LogP contribution in [0, 0.1) is 11.8 Å². The molecule has 1 fully saturated rings. The van der Waals surface area contributed by atoms with E-state index in [-0.39, 0.29) is 0 Å². The molecular formula is C14H29NS. The van der Waals surface area contributed by atoms with Gasteiger partial charge in [0, 0.05) is 17.3 Å². The second-order valence-electron chi connectivity index (χ2n) is 6.20. The van der Waals surface area contributed by atoms with Gasteiger partial charge in [-0.1, -0.05) is 13.8 Å². The zero-order chi connectivity index (χ0) is 12.2. The van der Waals surface area contributed by atoms with Gasteiger partial charge in [-0.2, -0.15) is 11.8 Å². The fraction of sp³-hybridized carbons (Fsp3) is 1.00. The van der Waals surface area contributed by atoms with E-state index >= 15 is 0 Å². The summed E-state index contributed by atoms with van der Waals surface area (Å²) in [4.78, 5) is 0. The second kappa shape index (κ2) is 6.30. The quantitative estimate of drug-likeness (QED) is 0.785. The van der Waals surface area contributed by atoms with Crippen molar-refractivity contribution < 1.29 is 0 Å². The topological polar surface area (TPSA) is 12.0 Å². The van der Waals surface area contributed by atoms with Gasteiger partial charge in [-0.25, -0.2) is 0 Å². The van der Waals surface area contributed by atoms with Crippen LogP contribution in [-0.4, -0.2) is 23.6 Å². The van der Waals surface area contributed by atoms with E-state index in [1.807, 2.05) is 11.8 Å². The highest BCUT2D eigenvalue weighted by molar-refractivity contribution is 7.99. The Morgan fingerprint density at radius 3 is 2.19 bits per heavy atom. The molecule has 1 N–H and O–H groups in total. The van der Waals surface area contributed by atoms with E-state index in [0.29, 0.717) is 4.75 Å². The molecule has 0 amide bonds. The van der Waals surface area contributed by atoms with E-state index in [9.17, 15) is 0 Å². The van der Waals surface area contributed by atoms with Gasteiger partial charge in [0.15, 0.2) is 0 Å². The highest BCUT2D eigenvalue weighted by atomic mass is 32.2. The first-order valence-corrected chi connectivity index (χ1v) is 7.95. The molecule has 0 bridgehead atoms. The van der Waals surface area contributed by atoms with Crippen LogP contribution in [0.25, 0.3) is 0 Å². The molecule has 0 saturated heterocycles. The average Bonchev–Trinajstić information content (AvgIpc) is 2.27. The zero-order valence-electron chi connectivity index (χ0n) is 11.7. The van der Waals surface area contributed by atoms with Crippen molar-refractivity contribution in [2.75, 3.05) is 12.8 Å². The summed E-state index contributed by atoms with van der Waals surface area (Å²) in [5, 5.41) is 3.75. The lowest BCUT2D eigenvalue weighted by Gasteiger charge is -2.33. The van der Waals surface area contributed by atoms with E-state index < -0.39 is 0 Å². The van der Waals surface area contributed by atoms with Gasteiger partial charge >= 0.3 is 0 Å². The lowest BCUT2D eigenvalue weighted by atomic mass is 9.79. The van der Waals surface area contributed by atoms with Crippen LogP contribution in [0.5, 0.6) is 0 Å². The summed E-state index contributed by atoms with van der Waals surface area (Å²) in [7, 11) is 0. The minimum atomic E-state index is 0.384. The van der Waals surface area contributed by atoms with Crippen LogP contribution in [0.4, 0.5) is 0 Å². The Hall–Kier alpha value is 0.310. The fourth-order valence-electron chi connectivity index (χ4n) is 2.45. The predicted octanol–water partition coefficient (Wildman–Crippen LogP) is 3.93. The molecule has 1 aliphatic carbocycles. The van der Waals surface area contributed by atoms with Gasteiger partial charge in [-0.15, -0.1) is 0 Å². The van der Waals surface area contributed by atoms with Crippen LogP contribution < -0.4 is 5.32 Å². The first kappa shape index (κ1) is 14.4. The van der Waals surface area contributed by atoms with Gasteiger partial charge in [0.1, 0.15) is 0 Å². The van der Waals surface area contributed by atoms with Crippen LogP contribution in [0.1, 0.15) is 53.4 Å². The largest absolute Gasteiger partial charge is 0.313 e. The number of hydrogen-bond acceptors (Lipinski definition) is 2. The molecule has 0 aromatic carbocycles. The van der Waals surface area contributed by atoms with Gasteiger partial charge in [0.05, 0.1) is 0 Å². The van der Waals surface area contributed by atoms with Crippen LogP contribution >= 0.6 is 11.8 Å². The molecule has 1 rings (SSSR count). The third-order valence-corrected chi connectivity index (χ3v) is 5.33. The Labute approximate surface area is 106 Å². The van der Waals surface area contributed by atoms with Gasteiger partial charge in [-0.3, -0.25) is 0 Å². The molecule has 1 saturated carbocycles. The van der Waals surface area contributed by atoms with Crippen molar-refractivity contribution in [3.05, 3.63) is 0 Å². The van der Waals surface area contributed by atoms with Gasteiger partial charge in [0.2, 0.25) is 0 Å². The molecule has 1 aliphatic rings. The van der Waals surface area contributed by atoms with Crippen molar-refractivity contribution in [2.45, 2.75) is 64.2 Å². The van der Waals surface area contributed by atoms with Crippen LogP contribution in [0.2, 0.25) is 0 Å². The van der Waals surface area contributed by atoms with Crippen LogP contribution in [0.15, 0.2) is 0 Å². The first-order chi connectivity index (χ1) is 7.44. The molecule has 0 unspecified atom stereocenters. The highest BCUT2D eigenvalue weighted by Crippen LogP contribution is 2.30. The summed E-state index contributed by atoms with van der Waals surface area (Å²) in [6.45, 7) is 10.5. The molecule has 0 radical (unpaired) electrons. The van der Waals surface area contributed by atoms with Crippen LogP contribution in [-0.2, 0) is 0 Å². The maximum Gasteiger partial charge on any atom is 0.0225 e.